The van der Waals surface area contributed by atoms with Crippen LogP contribution in [0.4, 0.5) is 37.7 Å². The van der Waals surface area contributed by atoms with E-state index in [0.29, 0.717) is 11.1 Å². The van der Waals surface area contributed by atoms with E-state index in [4.69, 9.17) is 26.3 Å². The fraction of sp³-hybridized carbons (Fsp3) is 0.0333. The fourth-order valence-electron chi connectivity index (χ4n) is 9.49. The third-order valence-corrected chi connectivity index (χ3v) is 12.4. The molecule has 0 saturated heterocycles. The molecular formula is C60H24F6N8. The lowest BCUT2D eigenvalue weighted by molar-refractivity contribution is -0.138. The number of benzene rings is 7. The third kappa shape index (κ3) is 8.07. The van der Waals surface area contributed by atoms with Crippen LogP contribution in [0, 0.1) is 71.6 Å². The second-order valence-electron chi connectivity index (χ2n) is 16.5. The molecule has 0 atom stereocenters. The van der Waals surface area contributed by atoms with Crippen LogP contribution >= 0.6 is 0 Å². The molecule has 74 heavy (non-hydrogen) atoms. The second kappa shape index (κ2) is 18.7. The molecule has 0 amide bonds. The van der Waals surface area contributed by atoms with Gasteiger partial charge in [0.05, 0.1) is 71.8 Å². The first-order chi connectivity index (χ1) is 35.6. The van der Waals surface area contributed by atoms with Crippen molar-refractivity contribution >= 4 is 56.2 Å². The van der Waals surface area contributed by atoms with Gasteiger partial charge < -0.3 is 0 Å². The molecule has 0 saturated carbocycles. The van der Waals surface area contributed by atoms with Gasteiger partial charge in [-0.15, -0.1) is 0 Å². The minimum Gasteiger partial charge on any atom is -0.239 e. The summed E-state index contributed by atoms with van der Waals surface area (Å²) >= 11 is 0. The van der Waals surface area contributed by atoms with Gasteiger partial charge in [-0.2, -0.15) is 47.4 Å². The zero-order chi connectivity index (χ0) is 52.6. The van der Waals surface area contributed by atoms with E-state index >= 15 is 0 Å². The van der Waals surface area contributed by atoms with Crippen LogP contribution in [0.25, 0.3) is 86.5 Å². The van der Waals surface area contributed by atoms with Gasteiger partial charge in [0.25, 0.3) is 0 Å². The molecule has 0 unspecified atom stereocenters. The molecule has 14 heteroatoms. The van der Waals surface area contributed by atoms with Gasteiger partial charge in [-0.1, -0.05) is 103 Å². The summed E-state index contributed by atoms with van der Waals surface area (Å²) in [6, 6.07) is 40.9. The summed E-state index contributed by atoms with van der Waals surface area (Å²) in [4.78, 5) is 15.2. The van der Waals surface area contributed by atoms with Gasteiger partial charge in [-0.25, -0.2) is 19.4 Å². The summed E-state index contributed by atoms with van der Waals surface area (Å²) in [5, 5.41) is 43.5. The van der Waals surface area contributed by atoms with Gasteiger partial charge in [0.2, 0.25) is 11.4 Å². The van der Waals surface area contributed by atoms with Crippen LogP contribution in [-0.4, -0.2) is 0 Å². The van der Waals surface area contributed by atoms with E-state index in [-0.39, 0.29) is 123 Å². The molecule has 0 aromatic heterocycles. The minimum absolute atomic E-state index is 0.0126. The number of nitriles is 4. The lowest BCUT2D eigenvalue weighted by Crippen LogP contribution is -2.07. The van der Waals surface area contributed by atoms with Crippen LogP contribution in [0.1, 0.15) is 66.8 Å². The first kappa shape index (κ1) is 48.0. The summed E-state index contributed by atoms with van der Waals surface area (Å²) in [5.41, 5.74) is -2.39. The molecule has 0 aliphatic heterocycles. The first-order valence-electron chi connectivity index (χ1n) is 21.7. The smallest absolute Gasteiger partial charge is 0.239 e. The van der Waals surface area contributed by atoms with Crippen LogP contribution in [0.5, 0.6) is 0 Å². The maximum absolute atomic E-state index is 14.4. The predicted molar refractivity (Wildman–Crippen MR) is 267 cm³/mol. The van der Waals surface area contributed by atoms with E-state index < -0.39 is 23.5 Å². The van der Waals surface area contributed by atoms with Crippen LogP contribution in [0.3, 0.4) is 0 Å². The van der Waals surface area contributed by atoms with Crippen molar-refractivity contribution in [1.82, 2.24) is 0 Å². The Hall–Kier alpha value is -11.0. The summed E-state index contributed by atoms with van der Waals surface area (Å²) < 4.78 is 86.7. The number of hydrogen-bond acceptors (Lipinski definition) is 4. The van der Waals surface area contributed by atoms with E-state index in [0.717, 1.165) is 48.5 Å². The average molecular weight is 971 g/mol. The minimum atomic E-state index is -4.83. The Bertz CT molecular complexity index is 3750. The Morgan fingerprint density at radius 2 is 0.905 bits per heavy atom. The van der Waals surface area contributed by atoms with Crippen molar-refractivity contribution in [1.29, 1.82) is 21.0 Å². The van der Waals surface area contributed by atoms with Crippen molar-refractivity contribution in [2.45, 2.75) is 12.4 Å². The molecule has 2 aliphatic carbocycles. The molecule has 0 N–H and O–H groups in total. The molecule has 0 heterocycles. The van der Waals surface area contributed by atoms with E-state index in [9.17, 15) is 47.4 Å². The highest BCUT2D eigenvalue weighted by atomic mass is 19.4. The highest BCUT2D eigenvalue weighted by molar-refractivity contribution is 6.38. The monoisotopic (exact) mass is 970 g/mol. The van der Waals surface area contributed by atoms with Crippen molar-refractivity contribution in [3.8, 4) is 46.5 Å². The lowest BCUT2D eigenvalue weighted by atomic mass is 9.77. The van der Waals surface area contributed by atoms with Gasteiger partial charge in [0, 0.05) is 5.56 Å². The number of halogens is 6. The van der Waals surface area contributed by atoms with Gasteiger partial charge in [-0.3, -0.25) is 0 Å². The largest absolute Gasteiger partial charge is 0.416 e. The molecule has 0 fully saturated rings. The molecule has 7 aromatic rings. The maximum atomic E-state index is 14.4. The Morgan fingerprint density at radius 3 is 1.32 bits per heavy atom. The zero-order valence-electron chi connectivity index (χ0n) is 37.7. The van der Waals surface area contributed by atoms with Crippen molar-refractivity contribution < 1.29 is 26.3 Å². The Morgan fingerprint density at radius 1 is 0.432 bits per heavy atom. The maximum Gasteiger partial charge on any atom is 0.416 e. The van der Waals surface area contributed by atoms with E-state index in [1.165, 1.54) is 36.4 Å². The second-order valence-corrected chi connectivity index (χ2v) is 16.5. The molecule has 0 radical (unpaired) electrons. The first-order valence-corrected chi connectivity index (χ1v) is 21.7. The number of alkyl halides is 6. The summed E-state index contributed by atoms with van der Waals surface area (Å²) in [6.45, 7) is 33.7. The average Bonchev–Trinajstić information content (AvgIpc) is 3.93. The van der Waals surface area contributed by atoms with Crippen LogP contribution in [0.2, 0.25) is 0 Å². The van der Waals surface area contributed by atoms with Gasteiger partial charge in [0.15, 0.2) is 11.4 Å². The Balaban J connectivity index is 1.66. The molecular weight excluding hydrogens is 947 g/mol. The van der Waals surface area contributed by atoms with Crippen LogP contribution < -0.4 is 0 Å². The van der Waals surface area contributed by atoms with E-state index in [1.54, 1.807) is 60.7 Å². The fourth-order valence-corrected chi connectivity index (χ4v) is 9.49. The highest BCUT2D eigenvalue weighted by Gasteiger charge is 2.44. The van der Waals surface area contributed by atoms with E-state index in [2.05, 4.69) is 31.5 Å². The molecule has 0 bridgehead atoms. The predicted octanol–water partition coefficient (Wildman–Crippen LogP) is 16.4. The van der Waals surface area contributed by atoms with Crippen molar-refractivity contribution in [2.75, 3.05) is 0 Å². The number of nitrogens with zero attached hydrogens (tertiary/aromatic N) is 8. The molecule has 2 aliphatic rings. The quantitative estimate of drug-likeness (QED) is 0.0938. The van der Waals surface area contributed by atoms with Gasteiger partial charge in [0.1, 0.15) is 12.1 Å². The van der Waals surface area contributed by atoms with Gasteiger partial charge >= 0.3 is 12.4 Å². The van der Waals surface area contributed by atoms with Crippen molar-refractivity contribution in [3.05, 3.63) is 258 Å². The highest BCUT2D eigenvalue weighted by Crippen LogP contribution is 2.64. The summed E-state index contributed by atoms with van der Waals surface area (Å²) in [5.74, 6) is 0. The van der Waals surface area contributed by atoms with E-state index in [1.807, 2.05) is 12.1 Å². The zero-order valence-corrected chi connectivity index (χ0v) is 37.7. The molecule has 7 aromatic carbocycles. The van der Waals surface area contributed by atoms with Crippen LogP contribution in [-0.2, 0) is 12.4 Å². The third-order valence-electron chi connectivity index (χ3n) is 12.4. The number of hydrogen-bond donors (Lipinski definition) is 0. The van der Waals surface area contributed by atoms with Crippen molar-refractivity contribution in [3.63, 3.8) is 0 Å². The molecule has 0 spiro atoms. The normalized spacial score (nSPS) is 13.9. The van der Waals surface area contributed by atoms with Crippen LogP contribution in [0.15, 0.2) is 146 Å². The number of rotatable bonds is 6. The standard InChI is InChI=1S/C60H24F6N8/c1-71-43-26-39(27-44(28-43)72-2)45(31-69)51-50(36-13-9-6-10-14-36)58(74-4)56-49(38-17-21-42(22-18-38)60(64,65)66)54-52(48(53(51)56)37-15-19-41(20-16-37)59(61,62)63)46(32-70)47(35-11-7-5-8-12-35)55(54)57(73-3)40-24-33(29-67)23-34(25-40)30-68/h5-28H/b51-45+,57-55-. The van der Waals surface area contributed by atoms with Crippen molar-refractivity contribution in [2.24, 2.45) is 0 Å². The number of fused-ring (bicyclic) bond motifs is 2. The Kier molecular flexibility index (Phi) is 12.2. The topological polar surface area (TPSA) is 113 Å². The molecule has 9 rings (SSSR count). The lowest BCUT2D eigenvalue weighted by Gasteiger charge is -2.25. The molecule has 346 valence electrons. The Labute approximate surface area is 419 Å². The summed E-state index contributed by atoms with van der Waals surface area (Å²) in [7, 11) is 0. The van der Waals surface area contributed by atoms with Gasteiger partial charge in [-0.05, 0) is 126 Å². The molecule has 8 nitrogen and oxygen atoms in total. The SMILES string of the molecule is [C-]#[N+]C1=C(c2ccccc2)/C(=C(/C#N)c2cc([N+]#[C-])cc([N+]#[C-])c2)c2c1c(-c1ccc(C(F)(F)F)cc1)c1c(c2-c2ccc(C(F)(F)F)cc2)C(C#N)=C(c2ccccc2)/C1=C(/[N+]#[C-])c1cc(C#N)cc(C#N)c1. The number of allylic oxidation sites excluding steroid dienone is 6. The summed E-state index contributed by atoms with van der Waals surface area (Å²) in [6.07, 6.45) is -9.66.